The zero-order valence-electron chi connectivity index (χ0n) is 10.1. The smallest absolute Gasteiger partial charge is 0.271 e. The third kappa shape index (κ3) is 2.72. The molecule has 0 bridgehead atoms. The maximum absolute atomic E-state index is 12.1. The lowest BCUT2D eigenvalue weighted by molar-refractivity contribution is 0.603. The standard InChI is InChI=1S/C12H9N3O2S3/c16-20(17,12-2-1-7-18-12)14-10-5-3-9(4-6-10)11-8-19-15-13-11/h1-8,14H. The first-order valence-electron chi connectivity index (χ1n) is 5.59. The van der Waals surface area contributed by atoms with Crippen LogP contribution in [0.4, 0.5) is 5.69 Å². The summed E-state index contributed by atoms with van der Waals surface area (Å²) in [5.74, 6) is 0. The van der Waals surface area contributed by atoms with Gasteiger partial charge in [0.05, 0.1) is 0 Å². The van der Waals surface area contributed by atoms with E-state index in [2.05, 4.69) is 14.3 Å². The molecule has 0 radical (unpaired) electrons. The molecule has 102 valence electrons. The van der Waals surface area contributed by atoms with Gasteiger partial charge in [0.1, 0.15) is 9.90 Å². The van der Waals surface area contributed by atoms with Gasteiger partial charge in [-0.1, -0.05) is 22.7 Å². The summed E-state index contributed by atoms with van der Waals surface area (Å²) >= 11 is 2.46. The van der Waals surface area contributed by atoms with Crippen molar-refractivity contribution in [3.63, 3.8) is 0 Å². The number of thiophene rings is 1. The number of nitrogens with zero attached hydrogens (tertiary/aromatic N) is 2. The van der Waals surface area contributed by atoms with Crippen LogP contribution in [0, 0.1) is 0 Å². The second-order valence-electron chi connectivity index (χ2n) is 3.91. The first kappa shape index (κ1) is 13.2. The second kappa shape index (κ2) is 5.31. The van der Waals surface area contributed by atoms with Gasteiger partial charge >= 0.3 is 0 Å². The molecule has 0 aliphatic heterocycles. The van der Waals surface area contributed by atoms with Crippen molar-refractivity contribution < 1.29 is 8.42 Å². The van der Waals surface area contributed by atoms with Gasteiger partial charge < -0.3 is 0 Å². The summed E-state index contributed by atoms with van der Waals surface area (Å²) in [5, 5.41) is 7.53. The van der Waals surface area contributed by atoms with Gasteiger partial charge in [-0.2, -0.15) is 0 Å². The van der Waals surface area contributed by atoms with E-state index in [-0.39, 0.29) is 0 Å². The minimum absolute atomic E-state index is 0.297. The highest BCUT2D eigenvalue weighted by molar-refractivity contribution is 7.94. The summed E-state index contributed by atoms with van der Waals surface area (Å²) in [5.41, 5.74) is 2.20. The highest BCUT2D eigenvalue weighted by Gasteiger charge is 2.14. The Hall–Kier alpha value is -1.77. The normalized spacial score (nSPS) is 11.4. The number of anilines is 1. The molecule has 2 heterocycles. The third-order valence-corrected chi connectivity index (χ3v) is 5.84. The largest absolute Gasteiger partial charge is 0.279 e. The highest BCUT2D eigenvalue weighted by Crippen LogP contribution is 2.23. The number of nitrogens with one attached hydrogen (secondary N) is 1. The van der Waals surface area contributed by atoms with Crippen molar-refractivity contribution in [2.75, 3.05) is 4.72 Å². The average Bonchev–Trinajstić information content (AvgIpc) is 3.13. The quantitative estimate of drug-likeness (QED) is 0.801. The molecule has 0 saturated heterocycles. The number of aromatic nitrogens is 2. The van der Waals surface area contributed by atoms with E-state index in [4.69, 9.17) is 0 Å². The Kier molecular flexibility index (Phi) is 3.51. The van der Waals surface area contributed by atoms with Crippen molar-refractivity contribution >= 4 is 38.6 Å². The molecule has 0 atom stereocenters. The molecule has 5 nitrogen and oxygen atoms in total. The lowest BCUT2D eigenvalue weighted by atomic mass is 10.2. The molecule has 0 unspecified atom stereocenters. The molecule has 3 aromatic rings. The van der Waals surface area contributed by atoms with E-state index < -0.39 is 10.0 Å². The topological polar surface area (TPSA) is 72.0 Å². The molecule has 2 aromatic heterocycles. The van der Waals surface area contributed by atoms with E-state index in [0.717, 1.165) is 11.3 Å². The van der Waals surface area contributed by atoms with Crippen molar-refractivity contribution in [1.82, 2.24) is 9.59 Å². The van der Waals surface area contributed by atoms with Gasteiger partial charge in [-0.05, 0) is 35.1 Å². The van der Waals surface area contributed by atoms with Gasteiger partial charge in [0.25, 0.3) is 10.0 Å². The van der Waals surface area contributed by atoms with Gasteiger partial charge in [-0.3, -0.25) is 4.72 Å². The van der Waals surface area contributed by atoms with Gasteiger partial charge in [0.2, 0.25) is 0 Å². The average molecular weight is 323 g/mol. The van der Waals surface area contributed by atoms with Gasteiger partial charge in [-0.15, -0.1) is 16.4 Å². The molecule has 0 fully saturated rings. The molecule has 0 aliphatic rings. The lowest BCUT2D eigenvalue weighted by Gasteiger charge is -2.06. The second-order valence-corrected chi connectivity index (χ2v) is 7.37. The fraction of sp³-hybridized carbons (Fsp3) is 0. The Morgan fingerprint density at radius 3 is 2.50 bits per heavy atom. The maximum Gasteiger partial charge on any atom is 0.271 e. The molecule has 0 aliphatic carbocycles. The summed E-state index contributed by atoms with van der Waals surface area (Å²) in [4.78, 5) is 0. The van der Waals surface area contributed by atoms with Crippen molar-refractivity contribution in [3.8, 4) is 11.3 Å². The fourth-order valence-electron chi connectivity index (χ4n) is 1.62. The molecule has 1 N–H and O–H groups in total. The molecule has 8 heteroatoms. The number of hydrogen-bond donors (Lipinski definition) is 1. The summed E-state index contributed by atoms with van der Waals surface area (Å²) in [6.45, 7) is 0. The fourth-order valence-corrected chi connectivity index (χ4v) is 4.14. The first-order chi connectivity index (χ1) is 9.65. The van der Waals surface area contributed by atoms with Crippen molar-refractivity contribution in [3.05, 3.63) is 47.2 Å². The Morgan fingerprint density at radius 2 is 1.90 bits per heavy atom. The number of hydrogen-bond acceptors (Lipinski definition) is 6. The van der Waals surface area contributed by atoms with Crippen LogP contribution in [0.2, 0.25) is 0 Å². The van der Waals surface area contributed by atoms with E-state index in [1.54, 1.807) is 29.6 Å². The Morgan fingerprint density at radius 1 is 1.10 bits per heavy atom. The van der Waals surface area contributed by atoms with E-state index in [1.807, 2.05) is 17.5 Å². The van der Waals surface area contributed by atoms with E-state index >= 15 is 0 Å². The molecule has 0 spiro atoms. The van der Waals surface area contributed by atoms with E-state index in [9.17, 15) is 8.42 Å². The molecule has 20 heavy (non-hydrogen) atoms. The van der Waals surface area contributed by atoms with E-state index in [1.165, 1.54) is 22.9 Å². The van der Waals surface area contributed by atoms with Crippen LogP contribution in [0.15, 0.2) is 51.4 Å². The summed E-state index contributed by atoms with van der Waals surface area (Å²) in [7, 11) is -3.49. The summed E-state index contributed by atoms with van der Waals surface area (Å²) in [6.07, 6.45) is 0. The third-order valence-electron chi connectivity index (χ3n) is 2.55. The van der Waals surface area contributed by atoms with Crippen molar-refractivity contribution in [2.45, 2.75) is 4.21 Å². The van der Waals surface area contributed by atoms with Gasteiger partial charge in [0.15, 0.2) is 0 Å². The minimum atomic E-state index is -3.49. The Bertz CT molecular complexity index is 779. The molecule has 0 amide bonds. The van der Waals surface area contributed by atoms with E-state index in [0.29, 0.717) is 9.90 Å². The number of rotatable bonds is 4. The monoisotopic (exact) mass is 323 g/mol. The van der Waals surface area contributed by atoms with Gasteiger partial charge in [-0.25, -0.2) is 8.42 Å². The first-order valence-corrected chi connectivity index (χ1v) is 8.79. The minimum Gasteiger partial charge on any atom is -0.279 e. The van der Waals surface area contributed by atoms with Gasteiger partial charge in [0, 0.05) is 16.6 Å². The Balaban J connectivity index is 1.83. The maximum atomic E-state index is 12.1. The molecule has 3 rings (SSSR count). The number of sulfonamides is 1. The molecular weight excluding hydrogens is 314 g/mol. The van der Waals surface area contributed by atoms with Crippen LogP contribution in [-0.2, 0) is 10.0 Å². The van der Waals surface area contributed by atoms with Crippen molar-refractivity contribution in [2.24, 2.45) is 0 Å². The van der Waals surface area contributed by atoms with Crippen LogP contribution >= 0.6 is 22.9 Å². The van der Waals surface area contributed by atoms with Crippen LogP contribution < -0.4 is 4.72 Å². The highest BCUT2D eigenvalue weighted by atomic mass is 32.2. The van der Waals surface area contributed by atoms with Crippen LogP contribution in [0.1, 0.15) is 0 Å². The zero-order chi connectivity index (χ0) is 14.0. The van der Waals surface area contributed by atoms with Crippen molar-refractivity contribution in [1.29, 1.82) is 0 Å². The predicted molar refractivity (Wildman–Crippen MR) is 80.5 cm³/mol. The summed E-state index contributed by atoms with van der Waals surface area (Å²) in [6, 6.07) is 10.3. The molecular formula is C12H9N3O2S3. The zero-order valence-corrected chi connectivity index (χ0v) is 12.5. The molecule has 1 aromatic carbocycles. The summed E-state index contributed by atoms with van der Waals surface area (Å²) < 4.78 is 30.7. The van der Waals surface area contributed by atoms with Crippen LogP contribution in [0.3, 0.4) is 0 Å². The Labute approximate surface area is 124 Å². The SMILES string of the molecule is O=S(=O)(Nc1ccc(-c2csnn2)cc1)c1cccs1. The number of benzene rings is 1. The molecule has 0 saturated carbocycles. The van der Waals surface area contributed by atoms with Crippen LogP contribution in [0.5, 0.6) is 0 Å². The van der Waals surface area contributed by atoms with Crippen LogP contribution in [-0.4, -0.2) is 18.0 Å². The lowest BCUT2D eigenvalue weighted by Crippen LogP contribution is -2.11. The van der Waals surface area contributed by atoms with Crippen LogP contribution in [0.25, 0.3) is 11.3 Å². The predicted octanol–water partition coefficient (Wildman–Crippen LogP) is 3.07.